The molecule has 1 amide bonds. The van der Waals surface area contributed by atoms with E-state index in [1.54, 1.807) is 12.1 Å². The Kier molecular flexibility index (Phi) is 3.62. The van der Waals surface area contributed by atoms with E-state index in [2.05, 4.69) is 12.2 Å². The van der Waals surface area contributed by atoms with Crippen LogP contribution in [0.5, 0.6) is 5.75 Å². The quantitative estimate of drug-likeness (QED) is 0.910. The van der Waals surface area contributed by atoms with Crippen LogP contribution in [0.1, 0.15) is 29.7 Å². The minimum absolute atomic E-state index is 0.0351. The van der Waals surface area contributed by atoms with Gasteiger partial charge in [0, 0.05) is 0 Å². The Bertz CT molecular complexity index is 664. The van der Waals surface area contributed by atoms with Gasteiger partial charge in [-0.2, -0.15) is 0 Å². The molecule has 2 N–H and O–H groups in total. The normalized spacial score (nSPS) is 14.9. The first-order chi connectivity index (χ1) is 10.2. The average Bonchev–Trinajstić information content (AvgIpc) is 2.53. The zero-order valence-corrected chi connectivity index (χ0v) is 11.8. The summed E-state index contributed by atoms with van der Waals surface area (Å²) >= 11 is 0. The minimum atomic E-state index is -0.722. The van der Waals surface area contributed by atoms with Crippen LogP contribution in [0.15, 0.2) is 42.5 Å². The van der Waals surface area contributed by atoms with Gasteiger partial charge in [0.05, 0.1) is 5.69 Å². The maximum absolute atomic E-state index is 11.3. The number of anilines is 1. The number of carbonyl (C=O) groups excluding carboxylic acids is 1. The van der Waals surface area contributed by atoms with Crippen LogP contribution in [0.3, 0.4) is 0 Å². The molecule has 4 heteroatoms. The molecule has 0 aromatic heterocycles. The molecule has 0 saturated carbocycles. The van der Waals surface area contributed by atoms with Crippen molar-refractivity contribution in [2.45, 2.75) is 19.4 Å². The lowest BCUT2D eigenvalue weighted by Crippen LogP contribution is -2.25. The Morgan fingerprint density at radius 2 is 1.90 bits per heavy atom. The van der Waals surface area contributed by atoms with Gasteiger partial charge in [0.15, 0.2) is 6.61 Å². The number of hydrogen-bond acceptors (Lipinski definition) is 3. The van der Waals surface area contributed by atoms with Gasteiger partial charge < -0.3 is 15.2 Å². The third kappa shape index (κ3) is 2.76. The molecule has 0 spiro atoms. The Morgan fingerprint density at radius 3 is 2.62 bits per heavy atom. The molecule has 3 rings (SSSR count). The van der Waals surface area contributed by atoms with Crippen molar-refractivity contribution in [2.75, 3.05) is 11.9 Å². The molecule has 0 saturated heterocycles. The Labute approximate surface area is 123 Å². The van der Waals surface area contributed by atoms with Crippen LogP contribution in [0.25, 0.3) is 0 Å². The van der Waals surface area contributed by atoms with Crippen LogP contribution in [-0.4, -0.2) is 17.6 Å². The van der Waals surface area contributed by atoms with E-state index in [-0.39, 0.29) is 12.5 Å². The van der Waals surface area contributed by atoms with Gasteiger partial charge in [-0.1, -0.05) is 37.3 Å². The number of fused-ring (bicyclic) bond motifs is 1. The van der Waals surface area contributed by atoms with Crippen molar-refractivity contribution in [1.29, 1.82) is 0 Å². The van der Waals surface area contributed by atoms with E-state index in [0.29, 0.717) is 11.4 Å². The van der Waals surface area contributed by atoms with Crippen molar-refractivity contribution in [3.05, 3.63) is 59.2 Å². The van der Waals surface area contributed by atoms with Gasteiger partial charge in [-0.25, -0.2) is 0 Å². The molecular formula is C17H17NO3. The van der Waals surface area contributed by atoms with E-state index in [1.807, 2.05) is 30.3 Å². The number of ether oxygens (including phenoxy) is 1. The third-order valence-electron chi connectivity index (χ3n) is 3.66. The van der Waals surface area contributed by atoms with Crippen LogP contribution in [0.4, 0.5) is 5.69 Å². The molecule has 0 fully saturated rings. The Morgan fingerprint density at radius 1 is 1.19 bits per heavy atom. The maximum Gasteiger partial charge on any atom is 0.262 e. The van der Waals surface area contributed by atoms with Gasteiger partial charge in [-0.3, -0.25) is 4.79 Å². The lowest BCUT2D eigenvalue weighted by molar-refractivity contribution is -0.118. The van der Waals surface area contributed by atoms with Gasteiger partial charge in [0.2, 0.25) is 0 Å². The van der Waals surface area contributed by atoms with Crippen LogP contribution in [-0.2, 0) is 11.2 Å². The molecule has 0 radical (unpaired) electrons. The molecule has 21 heavy (non-hydrogen) atoms. The van der Waals surface area contributed by atoms with Gasteiger partial charge in [0.25, 0.3) is 5.91 Å². The van der Waals surface area contributed by atoms with Gasteiger partial charge in [-0.05, 0) is 35.2 Å². The second-order valence-corrected chi connectivity index (χ2v) is 5.09. The monoisotopic (exact) mass is 283 g/mol. The van der Waals surface area contributed by atoms with Crippen molar-refractivity contribution in [3.63, 3.8) is 0 Å². The lowest BCUT2D eigenvalue weighted by atomic mass is 9.99. The van der Waals surface area contributed by atoms with Crippen LogP contribution in [0.2, 0.25) is 0 Å². The van der Waals surface area contributed by atoms with Crippen molar-refractivity contribution in [1.82, 2.24) is 0 Å². The first kappa shape index (κ1) is 13.6. The third-order valence-corrected chi connectivity index (χ3v) is 3.66. The van der Waals surface area contributed by atoms with E-state index in [1.165, 1.54) is 5.56 Å². The molecule has 1 atom stereocenters. The molecule has 0 bridgehead atoms. The summed E-state index contributed by atoms with van der Waals surface area (Å²) < 4.78 is 5.31. The number of amides is 1. The summed E-state index contributed by atoms with van der Waals surface area (Å²) in [4.78, 5) is 11.3. The number of aliphatic hydroxyl groups excluding tert-OH is 1. The van der Waals surface area contributed by atoms with Crippen LogP contribution >= 0.6 is 0 Å². The van der Waals surface area contributed by atoms with Crippen molar-refractivity contribution < 1.29 is 14.6 Å². The smallest absolute Gasteiger partial charge is 0.262 e. The second-order valence-electron chi connectivity index (χ2n) is 5.09. The zero-order chi connectivity index (χ0) is 14.8. The minimum Gasteiger partial charge on any atom is -0.482 e. The molecule has 1 aliphatic rings. The van der Waals surface area contributed by atoms with E-state index in [9.17, 15) is 9.90 Å². The number of aryl methyl sites for hydroxylation is 1. The van der Waals surface area contributed by atoms with E-state index in [0.717, 1.165) is 17.5 Å². The number of hydrogen-bond donors (Lipinski definition) is 2. The summed E-state index contributed by atoms with van der Waals surface area (Å²) in [6, 6.07) is 13.2. The molecule has 2 aromatic carbocycles. The Hall–Kier alpha value is -2.33. The van der Waals surface area contributed by atoms with Gasteiger partial charge in [-0.15, -0.1) is 0 Å². The van der Waals surface area contributed by atoms with Crippen molar-refractivity contribution in [3.8, 4) is 5.75 Å². The van der Waals surface area contributed by atoms with Crippen molar-refractivity contribution in [2.24, 2.45) is 0 Å². The number of aliphatic hydroxyl groups is 1. The summed E-state index contributed by atoms with van der Waals surface area (Å²) in [5.41, 5.74) is 3.39. The molecule has 1 aliphatic heterocycles. The molecule has 0 aliphatic carbocycles. The highest BCUT2D eigenvalue weighted by Crippen LogP contribution is 2.32. The number of rotatable bonds is 3. The number of carbonyl (C=O) groups is 1. The number of benzene rings is 2. The predicted octanol–water partition coefficient (Wildman–Crippen LogP) is 2.66. The average molecular weight is 283 g/mol. The molecule has 1 heterocycles. The first-order valence-corrected chi connectivity index (χ1v) is 7.01. The predicted molar refractivity (Wildman–Crippen MR) is 80.4 cm³/mol. The summed E-state index contributed by atoms with van der Waals surface area (Å²) in [5, 5.41) is 13.2. The highest BCUT2D eigenvalue weighted by Gasteiger charge is 2.18. The number of nitrogens with one attached hydrogen (secondary N) is 1. The Balaban J connectivity index is 1.88. The van der Waals surface area contributed by atoms with Crippen LogP contribution < -0.4 is 10.1 Å². The molecule has 1 unspecified atom stereocenters. The topological polar surface area (TPSA) is 58.6 Å². The van der Waals surface area contributed by atoms with Gasteiger partial charge in [0.1, 0.15) is 11.9 Å². The van der Waals surface area contributed by atoms with E-state index >= 15 is 0 Å². The highest BCUT2D eigenvalue weighted by atomic mass is 16.5. The summed E-state index contributed by atoms with van der Waals surface area (Å²) in [5.74, 6) is 0.452. The summed E-state index contributed by atoms with van der Waals surface area (Å²) in [6.45, 7) is 2.13. The maximum atomic E-state index is 11.3. The largest absolute Gasteiger partial charge is 0.482 e. The lowest BCUT2D eigenvalue weighted by Gasteiger charge is -2.20. The van der Waals surface area contributed by atoms with E-state index < -0.39 is 6.10 Å². The molecular weight excluding hydrogens is 266 g/mol. The standard InChI is InChI=1S/C17H17NO3/c1-2-11-3-5-12(6-4-11)17(20)13-7-8-15-14(9-13)18-16(19)10-21-15/h3-9,17,20H,2,10H2,1H3,(H,18,19). The van der Waals surface area contributed by atoms with Crippen LogP contribution in [0, 0.1) is 0 Å². The fourth-order valence-corrected chi connectivity index (χ4v) is 2.40. The fraction of sp³-hybridized carbons (Fsp3) is 0.235. The van der Waals surface area contributed by atoms with E-state index in [4.69, 9.17) is 4.74 Å². The second kappa shape index (κ2) is 5.58. The van der Waals surface area contributed by atoms with Crippen molar-refractivity contribution >= 4 is 11.6 Å². The summed E-state index contributed by atoms with van der Waals surface area (Å²) in [7, 11) is 0. The fourth-order valence-electron chi connectivity index (χ4n) is 2.40. The summed E-state index contributed by atoms with van der Waals surface area (Å²) in [6.07, 6.45) is 0.249. The highest BCUT2D eigenvalue weighted by molar-refractivity contribution is 5.95. The first-order valence-electron chi connectivity index (χ1n) is 7.01. The zero-order valence-electron chi connectivity index (χ0n) is 11.8. The molecule has 4 nitrogen and oxygen atoms in total. The molecule has 108 valence electrons. The SMILES string of the molecule is CCc1ccc(C(O)c2ccc3c(c2)NC(=O)CO3)cc1. The molecule has 2 aromatic rings. The van der Waals surface area contributed by atoms with Gasteiger partial charge >= 0.3 is 0 Å².